The number of esters is 2. The molecule has 3 saturated heterocycles. The number of aliphatic hydroxyl groups excluding tert-OH is 1. The number of nitrogens with zero attached hydrogens (tertiary/aromatic N) is 3. The van der Waals surface area contributed by atoms with E-state index in [1.54, 1.807) is 42.7 Å². The van der Waals surface area contributed by atoms with E-state index in [0.29, 0.717) is 54.1 Å². The molecule has 0 saturated carbocycles. The fourth-order valence-electron chi connectivity index (χ4n) is 13.4. The summed E-state index contributed by atoms with van der Waals surface area (Å²) in [5.41, 5.74) is 7.42. The Kier molecular flexibility index (Phi) is 17.8. The van der Waals surface area contributed by atoms with Crippen LogP contribution >= 0.6 is 0 Å². The maximum Gasteiger partial charge on any atom is 0.417 e. The maximum absolute atomic E-state index is 13.7. The zero-order chi connectivity index (χ0) is 52.2. The summed E-state index contributed by atoms with van der Waals surface area (Å²) >= 11 is 0. The normalized spacial score (nSPS) is 26.7. The lowest BCUT2D eigenvalue weighted by Gasteiger charge is -2.47. The summed E-state index contributed by atoms with van der Waals surface area (Å²) < 4.78 is 45.7. The summed E-state index contributed by atoms with van der Waals surface area (Å²) in [7, 11) is 9.97. The summed E-state index contributed by atoms with van der Waals surface area (Å²) in [5, 5.41) is 10.6. The number of hydrogen-bond donors (Lipinski definition) is 1. The second-order valence-corrected chi connectivity index (χ2v) is 22.8. The topological polar surface area (TPSA) is 138 Å². The van der Waals surface area contributed by atoms with Gasteiger partial charge < -0.3 is 43.0 Å². The van der Waals surface area contributed by atoms with Gasteiger partial charge >= 0.3 is 11.9 Å². The number of methoxy groups -OCH3 is 6. The number of carbonyl (C=O) groups excluding carboxylic acids is 2. The van der Waals surface area contributed by atoms with Gasteiger partial charge in [0.1, 0.15) is 12.2 Å². The average molecular weight is 1010 g/mol. The number of rotatable bonds is 14. The van der Waals surface area contributed by atoms with E-state index < -0.39 is 24.1 Å². The van der Waals surface area contributed by atoms with Crippen LogP contribution in [0.4, 0.5) is 0 Å². The van der Waals surface area contributed by atoms with E-state index in [1.165, 1.54) is 33.4 Å². The molecule has 9 rings (SSSR count). The minimum Gasteiger partial charge on any atom is -0.493 e. The van der Waals surface area contributed by atoms with E-state index in [1.807, 2.05) is 0 Å². The second kappa shape index (κ2) is 23.8. The largest absolute Gasteiger partial charge is 0.493 e. The summed E-state index contributed by atoms with van der Waals surface area (Å²) in [5.74, 6) is 4.73. The van der Waals surface area contributed by atoms with Crippen molar-refractivity contribution < 1.29 is 52.6 Å². The van der Waals surface area contributed by atoms with E-state index >= 15 is 0 Å². The zero-order valence-corrected chi connectivity index (χ0v) is 45.9. The molecular weight excluding hydrogens is 927 g/mol. The fraction of sp³-hybridized carbons (Fsp3) is 0.661. The van der Waals surface area contributed by atoms with Gasteiger partial charge in [0.05, 0.1) is 48.8 Å². The first-order valence-electron chi connectivity index (χ1n) is 27.1. The lowest BCUT2D eigenvalue weighted by atomic mass is 9.79. The van der Waals surface area contributed by atoms with Gasteiger partial charge in [-0.1, -0.05) is 41.5 Å². The number of ether oxygens (including phenoxy) is 8. The maximum atomic E-state index is 13.7. The molecule has 6 aliphatic heterocycles. The Balaban J connectivity index is 0.000000257. The van der Waals surface area contributed by atoms with E-state index in [4.69, 9.17) is 37.9 Å². The number of fused-ring (bicyclic) bond motifs is 9. The molecule has 14 heteroatoms. The highest BCUT2D eigenvalue weighted by Crippen LogP contribution is 2.48. The minimum absolute atomic E-state index is 0.0533. The Morgan fingerprint density at radius 3 is 1.07 bits per heavy atom. The third-order valence-electron chi connectivity index (χ3n) is 16.7. The Bertz CT molecular complexity index is 2280. The number of hydrogen-bond acceptors (Lipinski definition) is 14. The van der Waals surface area contributed by atoms with E-state index in [0.717, 1.165) is 107 Å². The molecule has 0 unspecified atom stereocenters. The number of benzene rings is 3. The molecule has 0 aliphatic carbocycles. The third kappa shape index (κ3) is 12.0. The SMILES string of the molecule is COc1cc2c(cc1OC)[C@H]1C[C@@H](O)[C@H](CC(C)C)CN1CC2.COc1cc2c(cc1OC)[C@H]1C[C@@H](OC(=O)C(=O)O[C@@H]3C[C@@H]4c5cc(OC)c(OC)cc5CCN4C[C@H]3CC(C)C)[C@H](CC(C)C)CN1CC2. The smallest absolute Gasteiger partial charge is 0.417 e. The number of carbonyl (C=O) groups is 2. The van der Waals surface area contributed by atoms with Crippen LogP contribution in [-0.4, -0.2) is 132 Å². The summed E-state index contributed by atoms with van der Waals surface area (Å²) in [4.78, 5) is 34.9. The van der Waals surface area contributed by atoms with Crippen molar-refractivity contribution in [3.05, 3.63) is 69.8 Å². The standard InChI is InChI=1S/C40H56N2O8.C19H29NO3/c1-23(2)13-27-21-41-11-9-25-15-35(45-5)37(47-7)17-29(25)31(41)19-33(27)49-39(43)40(44)50-34-20-32-30-18-38(48-8)36(46-6)16-26(30)10-12-42(32)22-28(34)14-24(3)4;1-12(2)7-14-11-20-6-5-13-8-18(22-3)19(23-4)9-15(13)16(20)10-17(14)21/h15-18,23-24,27-28,31-34H,9-14,19-22H2,1-8H3;8-9,12,14,16-17,21H,5-7,10-11H2,1-4H3/t27-,28-,31-,32-,33-,34-;14-,16-,17-/m11/s1. The van der Waals surface area contributed by atoms with E-state index in [-0.39, 0.29) is 30.0 Å². The molecule has 73 heavy (non-hydrogen) atoms. The zero-order valence-electron chi connectivity index (χ0n) is 45.9. The van der Waals surface area contributed by atoms with Gasteiger partial charge in [0, 0.05) is 82.1 Å². The van der Waals surface area contributed by atoms with Gasteiger partial charge in [-0.25, -0.2) is 9.59 Å². The molecule has 9 atom stereocenters. The second-order valence-electron chi connectivity index (χ2n) is 22.8. The van der Waals surface area contributed by atoms with Crippen LogP contribution in [0.5, 0.6) is 34.5 Å². The molecule has 402 valence electrons. The Labute approximate surface area is 435 Å². The highest BCUT2D eigenvalue weighted by Gasteiger charge is 2.45. The number of aliphatic hydroxyl groups is 1. The van der Waals surface area contributed by atoms with Crippen LogP contribution < -0.4 is 28.4 Å². The molecule has 0 spiro atoms. The molecule has 0 aromatic heterocycles. The summed E-state index contributed by atoms with van der Waals surface area (Å²) in [6.07, 6.45) is 6.79. The first-order chi connectivity index (χ1) is 35.1. The van der Waals surface area contributed by atoms with Crippen molar-refractivity contribution in [2.45, 2.75) is 136 Å². The molecular formula is C59H85N3O11. The van der Waals surface area contributed by atoms with E-state index in [2.05, 4.69) is 92.6 Å². The summed E-state index contributed by atoms with van der Waals surface area (Å²) in [6, 6.07) is 12.9. The van der Waals surface area contributed by atoms with Crippen molar-refractivity contribution >= 4 is 11.9 Å². The lowest BCUT2D eigenvalue weighted by molar-refractivity contribution is -0.182. The first kappa shape index (κ1) is 54.5. The molecule has 6 aliphatic rings. The van der Waals surface area contributed by atoms with Gasteiger partial charge in [0.15, 0.2) is 34.5 Å². The molecule has 0 radical (unpaired) electrons. The van der Waals surface area contributed by atoms with Gasteiger partial charge in [-0.2, -0.15) is 0 Å². The first-order valence-corrected chi connectivity index (χ1v) is 27.1. The molecule has 6 heterocycles. The Hall–Kier alpha value is -4.76. The van der Waals surface area contributed by atoms with E-state index in [9.17, 15) is 14.7 Å². The van der Waals surface area contributed by atoms with Crippen LogP contribution in [-0.2, 0) is 38.3 Å². The predicted molar refractivity (Wildman–Crippen MR) is 281 cm³/mol. The highest BCUT2D eigenvalue weighted by molar-refractivity contribution is 6.29. The third-order valence-corrected chi connectivity index (χ3v) is 16.7. The van der Waals surface area contributed by atoms with Crippen LogP contribution in [0, 0.1) is 35.5 Å². The van der Waals surface area contributed by atoms with Gasteiger partial charge in [0.2, 0.25) is 0 Å². The highest BCUT2D eigenvalue weighted by atomic mass is 16.6. The molecule has 3 aromatic carbocycles. The molecule has 1 N–H and O–H groups in total. The van der Waals surface area contributed by atoms with Gasteiger partial charge in [-0.3, -0.25) is 14.7 Å². The summed E-state index contributed by atoms with van der Waals surface area (Å²) in [6.45, 7) is 18.7. The van der Waals surface area contributed by atoms with Gasteiger partial charge in [-0.15, -0.1) is 0 Å². The Morgan fingerprint density at radius 1 is 0.466 bits per heavy atom. The van der Waals surface area contributed by atoms with Crippen molar-refractivity contribution in [1.82, 2.24) is 14.7 Å². The van der Waals surface area contributed by atoms with Crippen LogP contribution in [0.15, 0.2) is 36.4 Å². The van der Waals surface area contributed by atoms with Crippen LogP contribution in [0.1, 0.15) is 132 Å². The molecule has 3 aromatic rings. The van der Waals surface area contributed by atoms with Crippen LogP contribution in [0.2, 0.25) is 0 Å². The number of piperidine rings is 3. The molecule has 0 bridgehead atoms. The fourth-order valence-corrected chi connectivity index (χ4v) is 13.4. The Morgan fingerprint density at radius 2 is 0.753 bits per heavy atom. The average Bonchev–Trinajstić information content (AvgIpc) is 3.37. The van der Waals surface area contributed by atoms with Crippen molar-refractivity contribution in [3.63, 3.8) is 0 Å². The lowest BCUT2D eigenvalue weighted by Crippen LogP contribution is -2.51. The van der Waals surface area contributed by atoms with Crippen molar-refractivity contribution in [1.29, 1.82) is 0 Å². The minimum atomic E-state index is -0.887. The van der Waals surface area contributed by atoms with Crippen molar-refractivity contribution in [2.75, 3.05) is 81.9 Å². The van der Waals surface area contributed by atoms with Crippen LogP contribution in [0.25, 0.3) is 0 Å². The van der Waals surface area contributed by atoms with Gasteiger partial charge in [-0.05, 0) is 138 Å². The van der Waals surface area contributed by atoms with Crippen molar-refractivity contribution in [2.24, 2.45) is 35.5 Å². The quantitative estimate of drug-likeness (QED) is 0.121. The van der Waals surface area contributed by atoms with Gasteiger partial charge in [0.25, 0.3) is 0 Å². The molecule has 14 nitrogen and oxygen atoms in total. The van der Waals surface area contributed by atoms with Crippen molar-refractivity contribution in [3.8, 4) is 34.5 Å². The molecule has 0 amide bonds. The predicted octanol–water partition coefficient (Wildman–Crippen LogP) is 9.21. The molecule has 3 fully saturated rings. The monoisotopic (exact) mass is 1010 g/mol. The van der Waals surface area contributed by atoms with Crippen LogP contribution in [0.3, 0.4) is 0 Å².